The van der Waals surface area contributed by atoms with Gasteiger partial charge >= 0.3 is 0 Å². The highest BCUT2D eigenvalue weighted by Gasteiger charge is 2.20. The van der Waals surface area contributed by atoms with E-state index in [1.54, 1.807) is 0 Å². The van der Waals surface area contributed by atoms with E-state index in [9.17, 15) is 9.59 Å². The Balaban J connectivity index is 3.80. The minimum atomic E-state index is -0.377. The second-order valence-corrected chi connectivity index (χ2v) is 4.62. The van der Waals surface area contributed by atoms with Gasteiger partial charge in [0.15, 0.2) is 5.78 Å². The Morgan fingerprint density at radius 1 is 1.24 bits per heavy atom. The van der Waals surface area contributed by atoms with E-state index in [0.29, 0.717) is 19.6 Å². The maximum Gasteiger partial charge on any atom is 0.222 e. The third-order valence-electron chi connectivity index (χ3n) is 2.54. The summed E-state index contributed by atoms with van der Waals surface area (Å²) in [5.41, 5.74) is 0. The van der Waals surface area contributed by atoms with Crippen LogP contribution in [0.3, 0.4) is 0 Å². The zero-order valence-electron chi connectivity index (χ0n) is 11.4. The van der Waals surface area contributed by atoms with Crippen LogP contribution >= 0.6 is 0 Å². The standard InChI is InChI=1S/C13H25NO3/c1-5-6-8-17-9-7-12(16)14-13(10(2)3)11(4)15/h10,13H,5-9H2,1-4H3,(H,14,16)/t13-/m1/s1. The molecule has 17 heavy (non-hydrogen) atoms. The van der Waals surface area contributed by atoms with Crippen LogP contribution in [0.1, 0.15) is 47.0 Å². The summed E-state index contributed by atoms with van der Waals surface area (Å²) >= 11 is 0. The van der Waals surface area contributed by atoms with Crippen LogP contribution in [0.5, 0.6) is 0 Å². The number of unbranched alkanes of at least 4 members (excludes halogenated alkanes) is 1. The van der Waals surface area contributed by atoms with E-state index in [2.05, 4.69) is 12.2 Å². The van der Waals surface area contributed by atoms with Crippen molar-refractivity contribution in [2.24, 2.45) is 5.92 Å². The summed E-state index contributed by atoms with van der Waals surface area (Å²) in [6, 6.07) is -0.377. The van der Waals surface area contributed by atoms with Crippen LogP contribution in [-0.4, -0.2) is 30.9 Å². The molecule has 0 aliphatic heterocycles. The van der Waals surface area contributed by atoms with Crippen LogP contribution in [-0.2, 0) is 14.3 Å². The zero-order chi connectivity index (χ0) is 13.3. The first-order valence-electron chi connectivity index (χ1n) is 6.36. The van der Waals surface area contributed by atoms with E-state index in [0.717, 1.165) is 12.8 Å². The van der Waals surface area contributed by atoms with Crippen molar-refractivity contribution in [2.75, 3.05) is 13.2 Å². The molecular weight excluding hydrogens is 218 g/mol. The van der Waals surface area contributed by atoms with E-state index in [4.69, 9.17) is 4.74 Å². The molecule has 0 aromatic rings. The van der Waals surface area contributed by atoms with Crippen LogP contribution in [0.4, 0.5) is 0 Å². The number of carbonyl (C=O) groups is 2. The van der Waals surface area contributed by atoms with Crippen molar-refractivity contribution < 1.29 is 14.3 Å². The third-order valence-corrected chi connectivity index (χ3v) is 2.54. The van der Waals surface area contributed by atoms with Crippen molar-refractivity contribution >= 4 is 11.7 Å². The van der Waals surface area contributed by atoms with E-state index < -0.39 is 0 Å². The van der Waals surface area contributed by atoms with Gasteiger partial charge in [0.25, 0.3) is 0 Å². The molecule has 0 aliphatic carbocycles. The first kappa shape index (κ1) is 16.1. The largest absolute Gasteiger partial charge is 0.381 e. The van der Waals surface area contributed by atoms with Crippen molar-refractivity contribution in [1.29, 1.82) is 0 Å². The number of nitrogens with one attached hydrogen (secondary N) is 1. The van der Waals surface area contributed by atoms with Gasteiger partial charge in [0.05, 0.1) is 12.6 Å². The first-order chi connectivity index (χ1) is 7.99. The monoisotopic (exact) mass is 243 g/mol. The molecule has 0 aliphatic rings. The summed E-state index contributed by atoms with van der Waals surface area (Å²) in [5, 5.41) is 2.74. The lowest BCUT2D eigenvalue weighted by Crippen LogP contribution is -2.43. The Kier molecular flexibility index (Phi) is 8.68. The van der Waals surface area contributed by atoms with Crippen LogP contribution in [0.25, 0.3) is 0 Å². The average Bonchev–Trinajstić information content (AvgIpc) is 2.24. The van der Waals surface area contributed by atoms with Gasteiger partial charge < -0.3 is 10.1 Å². The van der Waals surface area contributed by atoms with Crippen molar-refractivity contribution in [3.05, 3.63) is 0 Å². The molecule has 0 rings (SSSR count). The Morgan fingerprint density at radius 3 is 2.35 bits per heavy atom. The average molecular weight is 243 g/mol. The maximum atomic E-state index is 11.6. The van der Waals surface area contributed by atoms with Crippen molar-refractivity contribution in [3.8, 4) is 0 Å². The molecule has 1 atom stereocenters. The lowest BCUT2D eigenvalue weighted by molar-refractivity contribution is -0.128. The molecule has 1 amide bonds. The highest BCUT2D eigenvalue weighted by atomic mass is 16.5. The summed E-state index contributed by atoms with van der Waals surface area (Å²) in [5.74, 6) is 0.00751. The number of ketones is 1. The quantitative estimate of drug-likeness (QED) is 0.629. The normalized spacial score (nSPS) is 12.5. The van der Waals surface area contributed by atoms with Crippen LogP contribution < -0.4 is 5.32 Å². The highest BCUT2D eigenvalue weighted by molar-refractivity contribution is 5.87. The molecule has 0 heterocycles. The molecular formula is C13H25NO3. The molecule has 0 fully saturated rings. The van der Waals surface area contributed by atoms with Gasteiger partial charge in [-0.15, -0.1) is 0 Å². The Morgan fingerprint density at radius 2 is 1.88 bits per heavy atom. The number of Topliss-reactive ketones (excluding diaryl/α,β-unsaturated/α-hetero) is 1. The van der Waals surface area contributed by atoms with Gasteiger partial charge in [-0.2, -0.15) is 0 Å². The number of rotatable bonds is 9. The molecule has 0 saturated heterocycles. The van der Waals surface area contributed by atoms with Crippen molar-refractivity contribution in [2.45, 2.75) is 53.0 Å². The second kappa shape index (κ2) is 9.16. The highest BCUT2D eigenvalue weighted by Crippen LogP contribution is 2.03. The fraction of sp³-hybridized carbons (Fsp3) is 0.846. The Bertz CT molecular complexity index is 239. The second-order valence-electron chi connectivity index (χ2n) is 4.62. The minimum absolute atomic E-state index is 0.000233. The van der Waals surface area contributed by atoms with Gasteiger partial charge in [-0.3, -0.25) is 9.59 Å². The van der Waals surface area contributed by atoms with Crippen LogP contribution in [0.2, 0.25) is 0 Å². The molecule has 0 radical (unpaired) electrons. The molecule has 4 nitrogen and oxygen atoms in total. The van der Waals surface area contributed by atoms with E-state index >= 15 is 0 Å². The van der Waals surface area contributed by atoms with E-state index in [1.165, 1.54) is 6.92 Å². The zero-order valence-corrected chi connectivity index (χ0v) is 11.4. The predicted octanol–water partition coefficient (Wildman–Crippen LogP) is 1.92. The molecule has 4 heteroatoms. The van der Waals surface area contributed by atoms with E-state index in [-0.39, 0.29) is 23.7 Å². The minimum Gasteiger partial charge on any atom is -0.381 e. The number of carbonyl (C=O) groups excluding carboxylic acids is 2. The molecule has 0 aromatic carbocycles. The van der Waals surface area contributed by atoms with Crippen LogP contribution in [0.15, 0.2) is 0 Å². The van der Waals surface area contributed by atoms with E-state index in [1.807, 2.05) is 13.8 Å². The number of hydrogen-bond donors (Lipinski definition) is 1. The summed E-state index contributed by atoms with van der Waals surface area (Å²) in [7, 11) is 0. The van der Waals surface area contributed by atoms with Gasteiger partial charge in [-0.1, -0.05) is 27.2 Å². The molecule has 1 N–H and O–H groups in total. The van der Waals surface area contributed by atoms with Crippen molar-refractivity contribution in [3.63, 3.8) is 0 Å². The van der Waals surface area contributed by atoms with Gasteiger partial charge in [-0.05, 0) is 19.3 Å². The number of ether oxygens (including phenoxy) is 1. The van der Waals surface area contributed by atoms with Gasteiger partial charge in [0, 0.05) is 13.0 Å². The fourth-order valence-electron chi connectivity index (χ4n) is 1.50. The molecule has 0 bridgehead atoms. The summed E-state index contributed by atoms with van der Waals surface area (Å²) < 4.78 is 5.30. The maximum absolute atomic E-state index is 11.6. The fourth-order valence-corrected chi connectivity index (χ4v) is 1.50. The summed E-state index contributed by atoms with van der Waals surface area (Å²) in [6.07, 6.45) is 2.43. The Labute approximate surface area is 104 Å². The lowest BCUT2D eigenvalue weighted by atomic mass is 10.0. The summed E-state index contributed by atoms with van der Waals surface area (Å²) in [4.78, 5) is 22.8. The number of hydrogen-bond acceptors (Lipinski definition) is 3. The number of amides is 1. The molecule has 0 aromatic heterocycles. The Hall–Kier alpha value is -0.900. The van der Waals surface area contributed by atoms with Crippen molar-refractivity contribution in [1.82, 2.24) is 5.32 Å². The lowest BCUT2D eigenvalue weighted by Gasteiger charge is -2.19. The van der Waals surface area contributed by atoms with Gasteiger partial charge in [0.2, 0.25) is 5.91 Å². The third kappa shape index (κ3) is 7.91. The molecule has 0 spiro atoms. The SMILES string of the molecule is CCCCOCCC(=O)N[C@@H](C(C)=O)C(C)C. The topological polar surface area (TPSA) is 55.4 Å². The smallest absolute Gasteiger partial charge is 0.222 e. The first-order valence-corrected chi connectivity index (χ1v) is 6.36. The van der Waals surface area contributed by atoms with Gasteiger partial charge in [0.1, 0.15) is 0 Å². The summed E-state index contributed by atoms with van der Waals surface area (Å²) in [6.45, 7) is 8.56. The molecule has 0 unspecified atom stereocenters. The predicted molar refractivity (Wildman–Crippen MR) is 67.8 cm³/mol. The molecule has 0 saturated carbocycles. The van der Waals surface area contributed by atoms with Crippen LogP contribution in [0, 0.1) is 5.92 Å². The molecule has 100 valence electrons. The van der Waals surface area contributed by atoms with Gasteiger partial charge in [-0.25, -0.2) is 0 Å².